The Hall–Kier alpha value is -3.71. The van der Waals surface area contributed by atoms with Crippen molar-refractivity contribution in [3.05, 3.63) is 83.9 Å². The van der Waals surface area contributed by atoms with Crippen LogP contribution < -0.4 is 10.6 Å². The summed E-state index contributed by atoms with van der Waals surface area (Å²) in [5.41, 5.74) is 1.68. The normalized spacial score (nSPS) is 12.5. The summed E-state index contributed by atoms with van der Waals surface area (Å²) in [5.74, 6) is -0.958. The van der Waals surface area contributed by atoms with Crippen molar-refractivity contribution in [3.8, 4) is 0 Å². The number of unbranched alkanes of at least 4 members (excludes halogenated alkanes) is 1. The Bertz CT molecular complexity index is 1130. The van der Waals surface area contributed by atoms with Gasteiger partial charge in [-0.05, 0) is 28.3 Å². The van der Waals surface area contributed by atoms with Gasteiger partial charge in [0.05, 0.1) is 6.04 Å². The van der Waals surface area contributed by atoms with Gasteiger partial charge in [-0.2, -0.15) is 0 Å². The lowest BCUT2D eigenvalue weighted by Gasteiger charge is -2.22. The Labute approximate surface area is 205 Å². The number of fused-ring (bicyclic) bond motifs is 1. The van der Waals surface area contributed by atoms with Crippen molar-refractivity contribution < 1.29 is 24.2 Å². The first-order valence-electron chi connectivity index (χ1n) is 11.9. The molecule has 0 aliphatic carbocycles. The molecule has 184 valence electrons. The van der Waals surface area contributed by atoms with Crippen LogP contribution in [0.4, 0.5) is 4.79 Å². The highest BCUT2D eigenvalue weighted by Crippen LogP contribution is 2.17. The minimum atomic E-state index is -0.963. The summed E-state index contributed by atoms with van der Waals surface area (Å²) in [6.07, 6.45) is 1.47. The van der Waals surface area contributed by atoms with E-state index < -0.39 is 36.5 Å². The molecule has 35 heavy (non-hydrogen) atoms. The number of aliphatic hydroxyl groups excluding tert-OH is 1. The number of Topliss-reactive ketones (excluding diaryl/α,β-unsaturated/α-hetero) is 1. The van der Waals surface area contributed by atoms with Crippen LogP contribution in [-0.4, -0.2) is 41.6 Å². The van der Waals surface area contributed by atoms with Crippen LogP contribution in [0.5, 0.6) is 0 Å². The van der Waals surface area contributed by atoms with Gasteiger partial charge >= 0.3 is 6.09 Å². The van der Waals surface area contributed by atoms with Crippen LogP contribution in [0.25, 0.3) is 10.8 Å². The van der Waals surface area contributed by atoms with E-state index >= 15 is 0 Å². The topological polar surface area (TPSA) is 105 Å². The molecule has 2 atom stereocenters. The zero-order valence-electron chi connectivity index (χ0n) is 19.9. The van der Waals surface area contributed by atoms with Crippen molar-refractivity contribution in [3.63, 3.8) is 0 Å². The van der Waals surface area contributed by atoms with Gasteiger partial charge in [0.15, 0.2) is 5.78 Å². The van der Waals surface area contributed by atoms with Crippen molar-refractivity contribution in [2.45, 2.75) is 51.3 Å². The highest BCUT2D eigenvalue weighted by Gasteiger charge is 2.27. The lowest BCUT2D eigenvalue weighted by Crippen LogP contribution is -2.53. The number of carbonyl (C=O) groups excluding carboxylic acids is 3. The first-order chi connectivity index (χ1) is 17.0. The van der Waals surface area contributed by atoms with Crippen LogP contribution in [0.3, 0.4) is 0 Å². The number of alkyl carbamates (subject to hydrolysis) is 1. The summed E-state index contributed by atoms with van der Waals surface area (Å²) in [6.45, 7) is 1.39. The monoisotopic (exact) mass is 476 g/mol. The van der Waals surface area contributed by atoms with Gasteiger partial charge in [0.25, 0.3) is 0 Å². The molecule has 3 N–H and O–H groups in total. The molecule has 0 aliphatic rings. The molecule has 3 aromatic rings. The Morgan fingerprint density at radius 1 is 0.857 bits per heavy atom. The largest absolute Gasteiger partial charge is 0.445 e. The maximum absolute atomic E-state index is 13.2. The number of hydrogen-bond acceptors (Lipinski definition) is 5. The second-order valence-electron chi connectivity index (χ2n) is 8.47. The molecule has 0 aliphatic heterocycles. The van der Waals surface area contributed by atoms with E-state index in [4.69, 9.17) is 4.74 Å². The van der Waals surface area contributed by atoms with E-state index in [2.05, 4.69) is 10.6 Å². The lowest BCUT2D eigenvalue weighted by atomic mass is 10.00. The van der Waals surface area contributed by atoms with E-state index in [1.165, 1.54) is 0 Å². The van der Waals surface area contributed by atoms with Gasteiger partial charge in [0.2, 0.25) is 5.91 Å². The number of carbonyl (C=O) groups is 3. The molecule has 0 heterocycles. The summed E-state index contributed by atoms with van der Waals surface area (Å²) in [6, 6.07) is 21.2. The fourth-order valence-corrected chi connectivity index (χ4v) is 3.82. The lowest BCUT2D eigenvalue weighted by molar-refractivity contribution is -0.130. The van der Waals surface area contributed by atoms with Crippen LogP contribution in [0.2, 0.25) is 0 Å². The third kappa shape index (κ3) is 7.93. The number of ether oxygens (including phenoxy) is 1. The summed E-state index contributed by atoms with van der Waals surface area (Å²) in [7, 11) is 0. The fourth-order valence-electron chi connectivity index (χ4n) is 3.82. The van der Waals surface area contributed by atoms with Crippen molar-refractivity contribution >= 4 is 28.6 Å². The summed E-state index contributed by atoms with van der Waals surface area (Å²) in [4.78, 5) is 37.9. The SMILES string of the molecule is CCCCC(NC(=O)C(Cc1ccc2ccccc2c1)NC(=O)OCc1ccccc1)C(=O)CO. The van der Waals surface area contributed by atoms with Gasteiger partial charge in [-0.25, -0.2) is 4.79 Å². The summed E-state index contributed by atoms with van der Waals surface area (Å²) < 4.78 is 5.32. The summed E-state index contributed by atoms with van der Waals surface area (Å²) in [5, 5.41) is 16.8. The smallest absolute Gasteiger partial charge is 0.408 e. The maximum Gasteiger partial charge on any atom is 0.408 e. The number of hydrogen-bond donors (Lipinski definition) is 3. The third-order valence-corrected chi connectivity index (χ3v) is 5.78. The molecule has 3 aromatic carbocycles. The molecule has 3 rings (SSSR count). The molecular weight excluding hydrogens is 444 g/mol. The van der Waals surface area contributed by atoms with Gasteiger partial charge in [-0.15, -0.1) is 0 Å². The minimum absolute atomic E-state index is 0.0686. The second-order valence-corrected chi connectivity index (χ2v) is 8.47. The molecule has 0 radical (unpaired) electrons. The van der Waals surface area contributed by atoms with E-state index in [1.54, 1.807) is 0 Å². The number of amides is 2. The standard InChI is InChI=1S/C28H32N2O5/c1-2-3-13-24(26(32)18-31)29-27(33)25(30-28(34)35-19-20-9-5-4-6-10-20)17-21-14-15-22-11-7-8-12-23(22)16-21/h4-12,14-16,24-25,31H,2-3,13,17-19H2,1H3,(H,29,33)(H,30,34). The van der Waals surface area contributed by atoms with E-state index in [1.807, 2.05) is 79.7 Å². The number of rotatable bonds is 12. The van der Waals surface area contributed by atoms with Gasteiger partial charge in [-0.3, -0.25) is 9.59 Å². The Kier molecular flexibility index (Phi) is 9.80. The quantitative estimate of drug-likeness (QED) is 0.368. The van der Waals surface area contributed by atoms with E-state index in [0.29, 0.717) is 6.42 Å². The zero-order chi connectivity index (χ0) is 25.0. The third-order valence-electron chi connectivity index (χ3n) is 5.78. The van der Waals surface area contributed by atoms with Crippen molar-refractivity contribution in [1.29, 1.82) is 0 Å². The number of ketones is 1. The van der Waals surface area contributed by atoms with Gasteiger partial charge in [0, 0.05) is 6.42 Å². The highest BCUT2D eigenvalue weighted by molar-refractivity contribution is 5.93. The second kappa shape index (κ2) is 13.2. The molecule has 0 saturated heterocycles. The molecule has 0 bridgehead atoms. The van der Waals surface area contributed by atoms with Crippen molar-refractivity contribution in [2.24, 2.45) is 0 Å². The predicted molar refractivity (Wildman–Crippen MR) is 135 cm³/mol. The molecule has 0 saturated carbocycles. The number of benzene rings is 3. The molecule has 2 amide bonds. The highest BCUT2D eigenvalue weighted by atomic mass is 16.5. The van der Waals surface area contributed by atoms with E-state index in [9.17, 15) is 19.5 Å². The first-order valence-corrected chi connectivity index (χ1v) is 11.9. The first kappa shape index (κ1) is 25.9. The van der Waals surface area contributed by atoms with Crippen LogP contribution in [0, 0.1) is 0 Å². The molecule has 2 unspecified atom stereocenters. The molecule has 0 fully saturated rings. The fraction of sp³-hybridized carbons (Fsp3) is 0.321. The molecule has 0 aromatic heterocycles. The Morgan fingerprint density at radius 3 is 2.29 bits per heavy atom. The molecular formula is C28H32N2O5. The number of nitrogens with one attached hydrogen (secondary N) is 2. The van der Waals surface area contributed by atoms with Crippen LogP contribution in [-0.2, 0) is 27.4 Å². The van der Waals surface area contributed by atoms with Crippen LogP contribution in [0.1, 0.15) is 37.3 Å². The van der Waals surface area contributed by atoms with Crippen LogP contribution in [0.15, 0.2) is 72.8 Å². The zero-order valence-corrected chi connectivity index (χ0v) is 19.9. The Balaban J connectivity index is 1.75. The van der Waals surface area contributed by atoms with E-state index in [-0.39, 0.29) is 13.0 Å². The van der Waals surface area contributed by atoms with Gasteiger partial charge < -0.3 is 20.5 Å². The minimum Gasteiger partial charge on any atom is -0.445 e. The summed E-state index contributed by atoms with van der Waals surface area (Å²) >= 11 is 0. The van der Waals surface area contributed by atoms with E-state index in [0.717, 1.165) is 34.7 Å². The molecule has 7 heteroatoms. The predicted octanol–water partition coefficient (Wildman–Crippen LogP) is 3.91. The van der Waals surface area contributed by atoms with Crippen molar-refractivity contribution in [1.82, 2.24) is 10.6 Å². The average Bonchev–Trinajstić information content (AvgIpc) is 2.89. The molecule has 0 spiro atoms. The molecule has 7 nitrogen and oxygen atoms in total. The van der Waals surface area contributed by atoms with Crippen molar-refractivity contribution in [2.75, 3.05) is 6.61 Å². The number of aliphatic hydroxyl groups is 1. The van der Waals surface area contributed by atoms with Gasteiger partial charge in [-0.1, -0.05) is 92.6 Å². The van der Waals surface area contributed by atoms with Crippen LogP contribution >= 0.6 is 0 Å². The van der Waals surface area contributed by atoms with Gasteiger partial charge in [0.1, 0.15) is 19.3 Å². The maximum atomic E-state index is 13.2. The Morgan fingerprint density at radius 2 is 1.57 bits per heavy atom. The average molecular weight is 477 g/mol.